The van der Waals surface area contributed by atoms with Crippen molar-refractivity contribution in [3.63, 3.8) is 0 Å². The summed E-state index contributed by atoms with van der Waals surface area (Å²) in [6, 6.07) is 5.65. The third-order valence-corrected chi connectivity index (χ3v) is 4.91. The standard InChI is InChI=1S/C16H18ClFN2OS/c1-10-6-7-22-15(10)9-20(3)11(2)16(21)19-14-5-4-12(18)8-13(14)17/h4-8,11H,9H2,1-3H3,(H,19,21)/t11-/m1/s1. The molecule has 0 spiro atoms. The van der Waals surface area contributed by atoms with Crippen molar-refractivity contribution in [2.24, 2.45) is 0 Å². The maximum Gasteiger partial charge on any atom is 0.241 e. The van der Waals surface area contributed by atoms with Crippen LogP contribution in [-0.4, -0.2) is 23.9 Å². The maximum atomic E-state index is 13.0. The molecule has 1 amide bonds. The fraction of sp³-hybridized carbons (Fsp3) is 0.312. The van der Waals surface area contributed by atoms with Gasteiger partial charge in [-0.15, -0.1) is 11.3 Å². The van der Waals surface area contributed by atoms with E-state index in [9.17, 15) is 9.18 Å². The Morgan fingerprint density at radius 1 is 1.45 bits per heavy atom. The summed E-state index contributed by atoms with van der Waals surface area (Å²) < 4.78 is 13.0. The molecule has 0 saturated carbocycles. The summed E-state index contributed by atoms with van der Waals surface area (Å²) in [6.45, 7) is 4.59. The predicted molar refractivity (Wildman–Crippen MR) is 90.0 cm³/mol. The molecule has 0 bridgehead atoms. The Hall–Kier alpha value is -1.43. The first-order chi connectivity index (χ1) is 10.4. The SMILES string of the molecule is Cc1ccsc1CN(C)[C@H](C)C(=O)Nc1ccc(F)cc1Cl. The van der Waals surface area contributed by atoms with Crippen LogP contribution < -0.4 is 5.32 Å². The van der Waals surface area contributed by atoms with Gasteiger partial charge in [-0.25, -0.2) is 4.39 Å². The average Bonchev–Trinajstić information content (AvgIpc) is 2.86. The molecule has 1 atom stereocenters. The van der Waals surface area contributed by atoms with Gasteiger partial charge in [-0.2, -0.15) is 0 Å². The summed E-state index contributed by atoms with van der Waals surface area (Å²) >= 11 is 7.61. The second-order valence-electron chi connectivity index (χ2n) is 5.23. The van der Waals surface area contributed by atoms with E-state index in [1.165, 1.54) is 28.6 Å². The Morgan fingerprint density at radius 2 is 2.18 bits per heavy atom. The highest BCUT2D eigenvalue weighted by Gasteiger charge is 2.20. The highest BCUT2D eigenvalue weighted by atomic mass is 35.5. The number of halogens is 2. The van der Waals surface area contributed by atoms with Gasteiger partial charge in [0.1, 0.15) is 5.82 Å². The normalized spacial score (nSPS) is 12.5. The van der Waals surface area contributed by atoms with E-state index >= 15 is 0 Å². The molecule has 1 heterocycles. The van der Waals surface area contributed by atoms with Gasteiger partial charge in [-0.1, -0.05) is 11.6 Å². The van der Waals surface area contributed by atoms with E-state index in [2.05, 4.69) is 18.3 Å². The highest BCUT2D eigenvalue weighted by molar-refractivity contribution is 7.10. The number of amides is 1. The number of thiophene rings is 1. The van der Waals surface area contributed by atoms with E-state index in [1.54, 1.807) is 11.3 Å². The van der Waals surface area contributed by atoms with E-state index in [1.807, 2.05) is 24.3 Å². The minimum Gasteiger partial charge on any atom is -0.323 e. The van der Waals surface area contributed by atoms with Crippen LogP contribution in [0.25, 0.3) is 0 Å². The number of nitrogens with zero attached hydrogens (tertiary/aromatic N) is 1. The van der Waals surface area contributed by atoms with Crippen molar-refractivity contribution in [1.82, 2.24) is 4.90 Å². The molecule has 0 radical (unpaired) electrons. The quantitative estimate of drug-likeness (QED) is 0.879. The second kappa shape index (κ2) is 7.22. The minimum atomic E-state index is -0.429. The molecule has 1 aromatic heterocycles. The van der Waals surface area contributed by atoms with Gasteiger partial charge in [-0.05, 0) is 56.1 Å². The fourth-order valence-corrected chi connectivity index (χ4v) is 3.14. The van der Waals surface area contributed by atoms with Crippen molar-refractivity contribution in [3.05, 3.63) is 50.9 Å². The van der Waals surface area contributed by atoms with E-state index in [-0.39, 0.29) is 17.0 Å². The molecule has 0 aliphatic carbocycles. The molecule has 118 valence electrons. The van der Waals surface area contributed by atoms with Crippen molar-refractivity contribution < 1.29 is 9.18 Å². The summed E-state index contributed by atoms with van der Waals surface area (Å²) in [5.41, 5.74) is 1.65. The van der Waals surface area contributed by atoms with E-state index < -0.39 is 5.82 Å². The van der Waals surface area contributed by atoms with Crippen LogP contribution in [-0.2, 0) is 11.3 Å². The third kappa shape index (κ3) is 4.06. The Bertz CT molecular complexity index is 674. The molecule has 0 fully saturated rings. The van der Waals surface area contributed by atoms with Crippen LogP contribution in [0.5, 0.6) is 0 Å². The number of carbonyl (C=O) groups is 1. The van der Waals surface area contributed by atoms with Crippen LogP contribution in [0.15, 0.2) is 29.6 Å². The van der Waals surface area contributed by atoms with Crippen molar-refractivity contribution >= 4 is 34.5 Å². The largest absolute Gasteiger partial charge is 0.323 e. The molecular formula is C16H18ClFN2OS. The van der Waals surface area contributed by atoms with Crippen molar-refractivity contribution in [2.75, 3.05) is 12.4 Å². The predicted octanol–water partition coefficient (Wildman–Crippen LogP) is 4.31. The Kier molecular flexibility index (Phi) is 5.56. The zero-order valence-electron chi connectivity index (χ0n) is 12.7. The Balaban J connectivity index is 2.00. The monoisotopic (exact) mass is 340 g/mol. The molecule has 2 rings (SSSR count). The number of hydrogen-bond donors (Lipinski definition) is 1. The van der Waals surface area contributed by atoms with Crippen molar-refractivity contribution in [1.29, 1.82) is 0 Å². The van der Waals surface area contributed by atoms with Crippen LogP contribution in [0.4, 0.5) is 10.1 Å². The van der Waals surface area contributed by atoms with Gasteiger partial charge in [0.05, 0.1) is 16.8 Å². The summed E-state index contributed by atoms with van der Waals surface area (Å²) in [6.07, 6.45) is 0. The molecule has 0 aliphatic rings. The summed E-state index contributed by atoms with van der Waals surface area (Å²) in [5.74, 6) is -0.605. The number of anilines is 1. The van der Waals surface area contributed by atoms with Gasteiger partial charge < -0.3 is 5.32 Å². The lowest BCUT2D eigenvalue weighted by atomic mass is 10.2. The smallest absolute Gasteiger partial charge is 0.241 e. The number of carbonyl (C=O) groups excluding carboxylic acids is 1. The lowest BCUT2D eigenvalue weighted by molar-refractivity contribution is -0.120. The lowest BCUT2D eigenvalue weighted by Gasteiger charge is -2.24. The third-order valence-electron chi connectivity index (χ3n) is 3.59. The summed E-state index contributed by atoms with van der Waals surface area (Å²) in [7, 11) is 1.90. The molecule has 1 N–H and O–H groups in total. The fourth-order valence-electron chi connectivity index (χ4n) is 1.96. The zero-order chi connectivity index (χ0) is 16.3. The zero-order valence-corrected chi connectivity index (χ0v) is 14.3. The van der Waals surface area contributed by atoms with Crippen LogP contribution in [0, 0.1) is 12.7 Å². The molecule has 0 saturated heterocycles. The molecule has 0 aliphatic heterocycles. The number of aryl methyl sites for hydroxylation is 1. The first-order valence-corrected chi connectivity index (χ1v) is 8.13. The van der Waals surface area contributed by atoms with Gasteiger partial charge >= 0.3 is 0 Å². The number of benzene rings is 1. The number of hydrogen-bond acceptors (Lipinski definition) is 3. The van der Waals surface area contributed by atoms with Crippen LogP contribution in [0.3, 0.4) is 0 Å². The number of likely N-dealkylation sites (N-methyl/N-ethyl adjacent to an activating group) is 1. The Labute approximate surface area is 138 Å². The Morgan fingerprint density at radius 3 is 2.77 bits per heavy atom. The van der Waals surface area contributed by atoms with E-state index in [0.717, 1.165) is 0 Å². The van der Waals surface area contributed by atoms with E-state index in [4.69, 9.17) is 11.6 Å². The van der Waals surface area contributed by atoms with Gasteiger partial charge in [-0.3, -0.25) is 9.69 Å². The lowest BCUT2D eigenvalue weighted by Crippen LogP contribution is -2.39. The minimum absolute atomic E-state index is 0.176. The number of nitrogens with one attached hydrogen (secondary N) is 1. The van der Waals surface area contributed by atoms with Gasteiger partial charge in [0.2, 0.25) is 5.91 Å². The molecule has 3 nitrogen and oxygen atoms in total. The molecule has 0 unspecified atom stereocenters. The second-order valence-corrected chi connectivity index (χ2v) is 6.64. The molecule has 6 heteroatoms. The molecule has 1 aromatic carbocycles. The van der Waals surface area contributed by atoms with Gasteiger partial charge in [0.15, 0.2) is 0 Å². The molecule has 2 aromatic rings. The summed E-state index contributed by atoms with van der Waals surface area (Å²) in [4.78, 5) is 15.5. The highest BCUT2D eigenvalue weighted by Crippen LogP contribution is 2.23. The summed E-state index contributed by atoms with van der Waals surface area (Å²) in [5, 5.41) is 4.97. The maximum absolute atomic E-state index is 13.0. The van der Waals surface area contributed by atoms with Gasteiger partial charge in [0, 0.05) is 11.4 Å². The molecular weight excluding hydrogens is 323 g/mol. The average molecular weight is 341 g/mol. The van der Waals surface area contributed by atoms with Crippen molar-refractivity contribution in [2.45, 2.75) is 26.4 Å². The van der Waals surface area contributed by atoms with Crippen LogP contribution in [0.2, 0.25) is 5.02 Å². The number of rotatable bonds is 5. The topological polar surface area (TPSA) is 32.3 Å². The van der Waals surface area contributed by atoms with Crippen LogP contribution in [0.1, 0.15) is 17.4 Å². The van der Waals surface area contributed by atoms with Crippen LogP contribution >= 0.6 is 22.9 Å². The van der Waals surface area contributed by atoms with E-state index in [0.29, 0.717) is 12.2 Å². The first-order valence-electron chi connectivity index (χ1n) is 6.87. The van der Waals surface area contributed by atoms with Crippen molar-refractivity contribution in [3.8, 4) is 0 Å². The first kappa shape index (κ1) is 16.9. The van der Waals surface area contributed by atoms with Gasteiger partial charge in [0.25, 0.3) is 0 Å². The molecule has 22 heavy (non-hydrogen) atoms.